The van der Waals surface area contributed by atoms with Crippen LogP contribution in [0, 0.1) is 5.92 Å². The number of aromatic nitrogens is 4. The van der Waals surface area contributed by atoms with E-state index in [1.165, 1.54) is 6.33 Å². The Morgan fingerprint density at radius 2 is 2.00 bits per heavy atom. The number of nitrogens with one attached hydrogen (secondary N) is 1. The SMILES string of the molecule is CC(C)Cc1ncnn1-c1cc(C(=O)N[C@@H](C)CO)cc(-c2ccc(Cl)cn2)c1. The third-order valence-corrected chi connectivity index (χ3v) is 4.53. The summed E-state index contributed by atoms with van der Waals surface area (Å²) in [5.41, 5.74) is 2.60. The molecule has 0 aliphatic rings. The maximum atomic E-state index is 12.7. The minimum absolute atomic E-state index is 0.140. The Hall–Kier alpha value is -2.77. The van der Waals surface area contributed by atoms with Crippen LogP contribution in [0.15, 0.2) is 42.9 Å². The van der Waals surface area contributed by atoms with Crippen LogP contribution in [0.4, 0.5) is 0 Å². The van der Waals surface area contributed by atoms with Gasteiger partial charge in [0.1, 0.15) is 12.2 Å². The van der Waals surface area contributed by atoms with E-state index >= 15 is 0 Å². The quantitative estimate of drug-likeness (QED) is 0.620. The van der Waals surface area contributed by atoms with E-state index in [1.807, 2.05) is 6.07 Å². The number of aliphatic hydroxyl groups is 1. The second kappa shape index (κ2) is 9.15. The number of aliphatic hydroxyl groups excluding tert-OH is 1. The summed E-state index contributed by atoms with van der Waals surface area (Å²) >= 11 is 5.96. The number of amides is 1. The van der Waals surface area contributed by atoms with Crippen LogP contribution in [-0.4, -0.2) is 43.4 Å². The van der Waals surface area contributed by atoms with Crippen molar-refractivity contribution in [3.8, 4) is 16.9 Å². The first-order valence-corrected chi connectivity index (χ1v) is 9.83. The first-order valence-electron chi connectivity index (χ1n) is 9.45. The molecule has 0 spiro atoms. The molecular formula is C21H24ClN5O2. The van der Waals surface area contributed by atoms with Gasteiger partial charge in [-0.15, -0.1) is 0 Å². The molecule has 152 valence electrons. The van der Waals surface area contributed by atoms with Crippen LogP contribution in [0.2, 0.25) is 5.02 Å². The molecule has 0 unspecified atom stereocenters. The third kappa shape index (κ3) is 5.19. The van der Waals surface area contributed by atoms with E-state index in [1.54, 1.807) is 42.1 Å². The number of rotatable bonds is 7. The summed E-state index contributed by atoms with van der Waals surface area (Å²) in [6.07, 6.45) is 3.84. The second-order valence-electron chi connectivity index (χ2n) is 7.37. The van der Waals surface area contributed by atoms with Gasteiger partial charge >= 0.3 is 0 Å². The highest BCUT2D eigenvalue weighted by molar-refractivity contribution is 6.30. The fraction of sp³-hybridized carbons (Fsp3) is 0.333. The number of pyridine rings is 1. The summed E-state index contributed by atoms with van der Waals surface area (Å²) in [6, 6.07) is 8.64. The number of carbonyl (C=O) groups is 1. The zero-order chi connectivity index (χ0) is 21.0. The second-order valence-corrected chi connectivity index (χ2v) is 7.81. The molecule has 0 aliphatic carbocycles. The Balaban J connectivity index is 2.09. The Labute approximate surface area is 174 Å². The Kier molecular flexibility index (Phi) is 6.61. The van der Waals surface area contributed by atoms with Crippen molar-refractivity contribution in [3.63, 3.8) is 0 Å². The predicted octanol–water partition coefficient (Wildman–Crippen LogP) is 3.29. The van der Waals surface area contributed by atoms with Crippen molar-refractivity contribution in [1.82, 2.24) is 25.1 Å². The smallest absolute Gasteiger partial charge is 0.251 e. The van der Waals surface area contributed by atoms with Crippen LogP contribution < -0.4 is 5.32 Å². The molecule has 0 saturated heterocycles. The topological polar surface area (TPSA) is 92.9 Å². The van der Waals surface area contributed by atoms with E-state index in [0.29, 0.717) is 27.9 Å². The zero-order valence-corrected chi connectivity index (χ0v) is 17.4. The van der Waals surface area contributed by atoms with Gasteiger partial charge in [0.15, 0.2) is 0 Å². The van der Waals surface area contributed by atoms with Gasteiger partial charge in [-0.25, -0.2) is 9.67 Å². The molecule has 0 radical (unpaired) electrons. The molecule has 2 aromatic heterocycles. The molecule has 29 heavy (non-hydrogen) atoms. The fourth-order valence-electron chi connectivity index (χ4n) is 2.90. The van der Waals surface area contributed by atoms with Crippen molar-refractivity contribution in [2.75, 3.05) is 6.61 Å². The number of carbonyl (C=O) groups excluding carboxylic acids is 1. The average molecular weight is 414 g/mol. The summed E-state index contributed by atoms with van der Waals surface area (Å²) in [5, 5.41) is 16.9. The highest BCUT2D eigenvalue weighted by Gasteiger charge is 2.16. The van der Waals surface area contributed by atoms with Gasteiger partial charge in [-0.2, -0.15) is 5.10 Å². The first kappa shape index (κ1) is 21.0. The van der Waals surface area contributed by atoms with Gasteiger partial charge in [-0.1, -0.05) is 25.4 Å². The highest BCUT2D eigenvalue weighted by Crippen LogP contribution is 2.25. The van der Waals surface area contributed by atoms with Gasteiger partial charge in [0.25, 0.3) is 5.91 Å². The summed E-state index contributed by atoms with van der Waals surface area (Å²) in [7, 11) is 0. The molecule has 1 atom stereocenters. The van der Waals surface area contributed by atoms with Crippen LogP contribution in [0.25, 0.3) is 16.9 Å². The van der Waals surface area contributed by atoms with Crippen LogP contribution in [-0.2, 0) is 6.42 Å². The lowest BCUT2D eigenvalue weighted by atomic mass is 10.0. The minimum atomic E-state index is -0.355. The summed E-state index contributed by atoms with van der Waals surface area (Å²) in [6.45, 7) is 5.82. The van der Waals surface area contributed by atoms with E-state index in [0.717, 1.165) is 17.8 Å². The molecule has 0 bridgehead atoms. The zero-order valence-electron chi connectivity index (χ0n) is 16.6. The largest absolute Gasteiger partial charge is 0.394 e. The molecular weight excluding hydrogens is 390 g/mol. The lowest BCUT2D eigenvalue weighted by Gasteiger charge is -2.14. The third-order valence-electron chi connectivity index (χ3n) is 4.31. The van der Waals surface area contributed by atoms with Gasteiger partial charge in [0.2, 0.25) is 0 Å². The molecule has 3 rings (SSSR count). The van der Waals surface area contributed by atoms with E-state index in [-0.39, 0.29) is 18.6 Å². The summed E-state index contributed by atoms with van der Waals surface area (Å²) in [4.78, 5) is 21.5. The highest BCUT2D eigenvalue weighted by atomic mass is 35.5. The van der Waals surface area contributed by atoms with Crippen molar-refractivity contribution in [1.29, 1.82) is 0 Å². The Bertz CT molecular complexity index is 985. The standard InChI is InChI=1S/C21H24ClN5O2/c1-13(2)6-20-24-12-25-27(20)18-8-15(19-5-4-17(22)10-23-19)7-16(9-18)21(29)26-14(3)11-28/h4-5,7-10,12-14,28H,6,11H2,1-3H3,(H,26,29)/t14-/m0/s1. The van der Waals surface area contributed by atoms with E-state index < -0.39 is 0 Å². The van der Waals surface area contributed by atoms with Crippen molar-refractivity contribution in [2.24, 2.45) is 5.92 Å². The number of hydrogen-bond donors (Lipinski definition) is 2. The molecule has 2 heterocycles. The molecule has 3 aromatic rings. The summed E-state index contributed by atoms with van der Waals surface area (Å²) < 4.78 is 1.74. The van der Waals surface area contributed by atoms with Crippen molar-refractivity contribution in [3.05, 3.63) is 59.3 Å². The van der Waals surface area contributed by atoms with Gasteiger partial charge in [-0.3, -0.25) is 9.78 Å². The molecule has 2 N–H and O–H groups in total. The maximum absolute atomic E-state index is 12.7. The monoisotopic (exact) mass is 413 g/mol. The first-order chi connectivity index (χ1) is 13.9. The van der Waals surface area contributed by atoms with Gasteiger partial charge in [0.05, 0.1) is 23.0 Å². The molecule has 0 fully saturated rings. The van der Waals surface area contributed by atoms with Crippen molar-refractivity contribution in [2.45, 2.75) is 33.2 Å². The number of halogens is 1. The van der Waals surface area contributed by atoms with Gasteiger partial charge in [-0.05, 0) is 43.2 Å². The van der Waals surface area contributed by atoms with E-state index in [2.05, 4.69) is 34.2 Å². The average Bonchev–Trinajstić information content (AvgIpc) is 3.15. The van der Waals surface area contributed by atoms with Crippen LogP contribution in [0.5, 0.6) is 0 Å². The normalized spacial score (nSPS) is 12.2. The molecule has 8 heteroatoms. The molecule has 0 saturated carbocycles. The number of benzene rings is 1. The minimum Gasteiger partial charge on any atom is -0.394 e. The van der Waals surface area contributed by atoms with Crippen LogP contribution >= 0.6 is 11.6 Å². The van der Waals surface area contributed by atoms with Crippen LogP contribution in [0.1, 0.15) is 37.0 Å². The fourth-order valence-corrected chi connectivity index (χ4v) is 3.01. The molecule has 1 amide bonds. The van der Waals surface area contributed by atoms with Crippen molar-refractivity contribution >= 4 is 17.5 Å². The number of nitrogens with zero attached hydrogens (tertiary/aromatic N) is 4. The van der Waals surface area contributed by atoms with Crippen molar-refractivity contribution < 1.29 is 9.90 Å². The Morgan fingerprint density at radius 3 is 2.66 bits per heavy atom. The molecule has 7 nitrogen and oxygen atoms in total. The lowest BCUT2D eigenvalue weighted by Crippen LogP contribution is -2.35. The molecule has 1 aromatic carbocycles. The maximum Gasteiger partial charge on any atom is 0.251 e. The van der Waals surface area contributed by atoms with Crippen LogP contribution in [0.3, 0.4) is 0 Å². The molecule has 0 aliphatic heterocycles. The number of hydrogen-bond acceptors (Lipinski definition) is 5. The predicted molar refractivity (Wildman–Crippen MR) is 112 cm³/mol. The Morgan fingerprint density at radius 1 is 1.21 bits per heavy atom. The van der Waals surface area contributed by atoms with Gasteiger partial charge < -0.3 is 10.4 Å². The lowest BCUT2D eigenvalue weighted by molar-refractivity contribution is 0.0922. The van der Waals surface area contributed by atoms with Gasteiger partial charge in [0, 0.05) is 29.8 Å². The summed E-state index contributed by atoms with van der Waals surface area (Å²) in [5.74, 6) is 0.942. The van der Waals surface area contributed by atoms with E-state index in [4.69, 9.17) is 11.6 Å². The van der Waals surface area contributed by atoms with E-state index in [9.17, 15) is 9.90 Å².